The first-order chi connectivity index (χ1) is 8.51. The molecule has 0 atom stereocenters. The fourth-order valence-electron chi connectivity index (χ4n) is 1.38. The molecular weight excluding hydrogens is 318 g/mol. The van der Waals surface area contributed by atoms with Crippen molar-refractivity contribution in [3.8, 4) is 0 Å². The van der Waals surface area contributed by atoms with Gasteiger partial charge in [-0.1, -0.05) is 0 Å². The van der Waals surface area contributed by atoms with Crippen LogP contribution < -0.4 is 4.31 Å². The van der Waals surface area contributed by atoms with E-state index in [9.17, 15) is 8.42 Å². The fraction of sp³-hybridized carbons (Fsp3) is 0.0909. The van der Waals surface area contributed by atoms with Crippen LogP contribution >= 0.6 is 15.9 Å². The quantitative estimate of drug-likeness (QED) is 0.865. The lowest BCUT2D eigenvalue weighted by atomic mass is 10.4. The molecule has 0 N–H and O–H groups in total. The Kier molecular flexibility index (Phi) is 3.63. The van der Waals surface area contributed by atoms with Crippen LogP contribution in [-0.2, 0) is 10.0 Å². The van der Waals surface area contributed by atoms with Crippen LogP contribution in [0.25, 0.3) is 0 Å². The van der Waals surface area contributed by atoms with Gasteiger partial charge in [0.05, 0.1) is 5.69 Å². The third-order valence-electron chi connectivity index (χ3n) is 2.36. The Labute approximate surface area is 114 Å². The van der Waals surface area contributed by atoms with Crippen LogP contribution in [0.2, 0.25) is 0 Å². The zero-order chi connectivity index (χ0) is 13.2. The van der Waals surface area contributed by atoms with E-state index in [1.165, 1.54) is 29.8 Å². The van der Waals surface area contributed by atoms with Crippen molar-refractivity contribution in [3.05, 3.63) is 47.5 Å². The van der Waals surface area contributed by atoms with Gasteiger partial charge in [-0.25, -0.2) is 8.42 Å². The summed E-state index contributed by atoms with van der Waals surface area (Å²) >= 11 is 3.20. The lowest BCUT2D eigenvalue weighted by Gasteiger charge is -2.18. The van der Waals surface area contributed by atoms with Crippen LogP contribution in [0, 0.1) is 0 Å². The van der Waals surface area contributed by atoms with Crippen LogP contribution in [0.15, 0.2) is 52.4 Å². The van der Waals surface area contributed by atoms with E-state index in [0.29, 0.717) is 10.2 Å². The largest absolute Gasteiger partial charge is 0.269 e. The number of hydrogen-bond acceptors (Lipinski definition) is 4. The number of halogens is 1. The van der Waals surface area contributed by atoms with E-state index in [-0.39, 0.29) is 4.90 Å². The first-order valence-electron chi connectivity index (χ1n) is 5.01. The Hall–Kier alpha value is -1.47. The second-order valence-electron chi connectivity index (χ2n) is 3.52. The molecule has 0 amide bonds. The number of sulfonamides is 1. The maximum atomic E-state index is 12.3. The Balaban J connectivity index is 2.44. The molecule has 2 aromatic heterocycles. The smallest absolute Gasteiger partial charge is 0.265 e. The summed E-state index contributed by atoms with van der Waals surface area (Å²) in [5.41, 5.74) is 0.546. The van der Waals surface area contributed by atoms with Crippen molar-refractivity contribution >= 4 is 31.6 Å². The van der Waals surface area contributed by atoms with E-state index in [1.54, 1.807) is 24.5 Å². The molecule has 0 fully saturated rings. The molecule has 0 radical (unpaired) electrons. The van der Waals surface area contributed by atoms with Crippen molar-refractivity contribution in [1.29, 1.82) is 0 Å². The molecule has 0 aromatic carbocycles. The maximum Gasteiger partial charge on any atom is 0.265 e. The van der Waals surface area contributed by atoms with Gasteiger partial charge >= 0.3 is 0 Å². The summed E-state index contributed by atoms with van der Waals surface area (Å²) in [5, 5.41) is 0. The molecule has 0 aliphatic heterocycles. The third kappa shape index (κ3) is 2.51. The molecule has 94 valence electrons. The molecule has 0 aliphatic rings. The minimum absolute atomic E-state index is 0.135. The molecular formula is C11H10BrN3O2S. The minimum atomic E-state index is -3.60. The van der Waals surface area contributed by atoms with E-state index in [0.717, 1.165) is 0 Å². The Morgan fingerprint density at radius 3 is 2.44 bits per heavy atom. The van der Waals surface area contributed by atoms with Crippen LogP contribution in [0.1, 0.15) is 0 Å². The second-order valence-corrected chi connectivity index (χ2v) is 6.40. The third-order valence-corrected chi connectivity index (χ3v) is 4.55. The summed E-state index contributed by atoms with van der Waals surface area (Å²) in [6, 6.07) is 4.77. The van der Waals surface area contributed by atoms with Gasteiger partial charge in [0.25, 0.3) is 10.0 Å². The van der Waals surface area contributed by atoms with Gasteiger partial charge in [0.1, 0.15) is 4.90 Å². The van der Waals surface area contributed by atoms with Crippen LogP contribution in [0.4, 0.5) is 5.69 Å². The first-order valence-corrected chi connectivity index (χ1v) is 7.24. The molecule has 5 nitrogen and oxygen atoms in total. The molecule has 2 heterocycles. The fourth-order valence-corrected chi connectivity index (χ4v) is 3.09. The molecule has 0 spiro atoms. The molecule has 0 saturated heterocycles. The normalized spacial score (nSPS) is 11.2. The zero-order valence-electron chi connectivity index (χ0n) is 9.49. The number of anilines is 1. The average Bonchev–Trinajstić information content (AvgIpc) is 2.39. The molecule has 2 rings (SSSR count). The molecule has 7 heteroatoms. The average molecular weight is 328 g/mol. The van der Waals surface area contributed by atoms with Crippen molar-refractivity contribution in [2.24, 2.45) is 0 Å². The first kappa shape index (κ1) is 13.0. The van der Waals surface area contributed by atoms with E-state index in [1.807, 2.05) is 0 Å². The summed E-state index contributed by atoms with van der Waals surface area (Å²) < 4.78 is 26.5. The second kappa shape index (κ2) is 5.03. The van der Waals surface area contributed by atoms with Crippen LogP contribution in [-0.4, -0.2) is 25.4 Å². The molecule has 0 saturated carbocycles. The van der Waals surface area contributed by atoms with Gasteiger partial charge in [0, 0.05) is 36.3 Å². The topological polar surface area (TPSA) is 63.2 Å². The summed E-state index contributed by atoms with van der Waals surface area (Å²) in [6.07, 6.45) is 5.93. The van der Waals surface area contributed by atoms with E-state index < -0.39 is 10.0 Å². The summed E-state index contributed by atoms with van der Waals surface area (Å²) in [4.78, 5) is 7.85. The van der Waals surface area contributed by atoms with Gasteiger partial charge < -0.3 is 0 Å². The Morgan fingerprint density at radius 1 is 1.17 bits per heavy atom. The standard InChI is InChI=1S/C11H10BrN3O2S/c1-15(10-2-4-13-5-3-10)18(16,17)11-6-9(12)7-14-8-11/h2-8H,1H3. The SMILES string of the molecule is CN(c1ccncc1)S(=O)(=O)c1cncc(Br)c1. The van der Waals surface area contributed by atoms with Gasteiger partial charge in [-0.05, 0) is 34.1 Å². The highest BCUT2D eigenvalue weighted by Crippen LogP contribution is 2.22. The highest BCUT2D eigenvalue weighted by atomic mass is 79.9. The van der Waals surface area contributed by atoms with Gasteiger partial charge in [0.15, 0.2) is 0 Å². The zero-order valence-corrected chi connectivity index (χ0v) is 11.9. The highest BCUT2D eigenvalue weighted by Gasteiger charge is 2.21. The summed E-state index contributed by atoms with van der Waals surface area (Å²) in [5.74, 6) is 0. The maximum absolute atomic E-state index is 12.3. The Bertz CT molecular complexity index is 646. The molecule has 0 bridgehead atoms. The molecule has 18 heavy (non-hydrogen) atoms. The predicted octanol–water partition coefficient (Wildman–Crippen LogP) is 2.06. The van der Waals surface area contributed by atoms with Crippen molar-refractivity contribution in [2.75, 3.05) is 11.4 Å². The van der Waals surface area contributed by atoms with E-state index >= 15 is 0 Å². The van der Waals surface area contributed by atoms with E-state index in [2.05, 4.69) is 25.9 Å². The molecule has 0 aliphatic carbocycles. The van der Waals surface area contributed by atoms with Crippen LogP contribution in [0.5, 0.6) is 0 Å². The van der Waals surface area contributed by atoms with Gasteiger partial charge in [-0.3, -0.25) is 14.3 Å². The Morgan fingerprint density at radius 2 is 1.83 bits per heavy atom. The number of rotatable bonds is 3. The number of aromatic nitrogens is 2. The van der Waals surface area contributed by atoms with Crippen molar-refractivity contribution < 1.29 is 8.42 Å². The van der Waals surface area contributed by atoms with Crippen LogP contribution in [0.3, 0.4) is 0 Å². The monoisotopic (exact) mass is 327 g/mol. The molecule has 0 unspecified atom stereocenters. The van der Waals surface area contributed by atoms with E-state index in [4.69, 9.17) is 0 Å². The van der Waals surface area contributed by atoms with Crippen molar-refractivity contribution in [2.45, 2.75) is 4.90 Å². The van der Waals surface area contributed by atoms with Gasteiger partial charge in [-0.2, -0.15) is 0 Å². The lowest BCUT2D eigenvalue weighted by molar-refractivity contribution is 0.594. The number of hydrogen-bond donors (Lipinski definition) is 0. The summed E-state index contributed by atoms with van der Waals surface area (Å²) in [7, 11) is -2.11. The van der Waals surface area contributed by atoms with Crippen molar-refractivity contribution in [1.82, 2.24) is 9.97 Å². The molecule has 2 aromatic rings. The number of pyridine rings is 2. The minimum Gasteiger partial charge on any atom is -0.269 e. The van der Waals surface area contributed by atoms with Gasteiger partial charge in [0.2, 0.25) is 0 Å². The summed E-state index contributed by atoms with van der Waals surface area (Å²) in [6.45, 7) is 0. The van der Waals surface area contributed by atoms with Crippen molar-refractivity contribution in [3.63, 3.8) is 0 Å². The highest BCUT2D eigenvalue weighted by molar-refractivity contribution is 9.10. The number of nitrogens with zero attached hydrogens (tertiary/aromatic N) is 3. The lowest BCUT2D eigenvalue weighted by Crippen LogP contribution is -2.26. The van der Waals surface area contributed by atoms with Gasteiger partial charge in [-0.15, -0.1) is 0 Å². The predicted molar refractivity (Wildman–Crippen MR) is 71.8 cm³/mol.